The number of nitrogens with one attached hydrogen (secondary N) is 1. The minimum atomic E-state index is -0.0669. The molecular weight excluding hydrogens is 317 g/mol. The van der Waals surface area contributed by atoms with Gasteiger partial charge < -0.3 is 15.8 Å². The highest BCUT2D eigenvalue weighted by Crippen LogP contribution is 2.27. The van der Waals surface area contributed by atoms with Gasteiger partial charge in [0, 0.05) is 27.9 Å². The molecule has 0 aliphatic carbocycles. The molecule has 0 bridgehead atoms. The first-order valence-electron chi connectivity index (χ1n) is 5.03. The van der Waals surface area contributed by atoms with Gasteiger partial charge in [-0.2, -0.15) is 5.26 Å². The van der Waals surface area contributed by atoms with Gasteiger partial charge in [-0.25, -0.2) is 0 Å². The SMILES string of the molecule is N#Cc1cc(I)c(N)cc1C1CNCCO1. The van der Waals surface area contributed by atoms with Gasteiger partial charge in [0.2, 0.25) is 0 Å². The molecule has 0 radical (unpaired) electrons. The molecule has 1 atom stereocenters. The molecule has 1 aliphatic rings. The van der Waals surface area contributed by atoms with Gasteiger partial charge in [-0.1, -0.05) is 0 Å². The van der Waals surface area contributed by atoms with Gasteiger partial charge in [0.1, 0.15) is 0 Å². The fourth-order valence-corrected chi connectivity index (χ4v) is 2.20. The lowest BCUT2D eigenvalue weighted by Crippen LogP contribution is -2.33. The number of ether oxygens (including phenoxy) is 1. The first-order chi connectivity index (χ1) is 7.72. The van der Waals surface area contributed by atoms with E-state index in [4.69, 9.17) is 15.7 Å². The van der Waals surface area contributed by atoms with Crippen LogP contribution in [0.25, 0.3) is 0 Å². The second-order valence-corrected chi connectivity index (χ2v) is 4.80. The number of benzene rings is 1. The Morgan fingerprint density at radius 3 is 3.00 bits per heavy atom. The molecule has 3 N–H and O–H groups in total. The summed E-state index contributed by atoms with van der Waals surface area (Å²) in [6, 6.07) is 5.85. The van der Waals surface area contributed by atoms with E-state index in [0.717, 1.165) is 22.2 Å². The Labute approximate surface area is 108 Å². The molecule has 16 heavy (non-hydrogen) atoms. The molecule has 0 spiro atoms. The summed E-state index contributed by atoms with van der Waals surface area (Å²) in [5.74, 6) is 0. The maximum absolute atomic E-state index is 9.09. The minimum absolute atomic E-state index is 0.0669. The largest absolute Gasteiger partial charge is 0.398 e. The van der Waals surface area contributed by atoms with Crippen molar-refractivity contribution in [2.24, 2.45) is 0 Å². The van der Waals surface area contributed by atoms with Crippen LogP contribution in [-0.4, -0.2) is 19.7 Å². The van der Waals surface area contributed by atoms with Gasteiger partial charge in [-0.15, -0.1) is 0 Å². The fourth-order valence-electron chi connectivity index (χ4n) is 1.74. The Bertz CT molecular complexity index is 436. The predicted octanol–water partition coefficient (Wildman–Crippen LogP) is 1.41. The van der Waals surface area contributed by atoms with Gasteiger partial charge >= 0.3 is 0 Å². The Morgan fingerprint density at radius 2 is 2.38 bits per heavy atom. The number of morpholine rings is 1. The van der Waals surface area contributed by atoms with E-state index in [1.807, 2.05) is 12.1 Å². The summed E-state index contributed by atoms with van der Waals surface area (Å²) in [7, 11) is 0. The summed E-state index contributed by atoms with van der Waals surface area (Å²) < 4.78 is 6.53. The average Bonchev–Trinajstić information content (AvgIpc) is 2.33. The quantitative estimate of drug-likeness (QED) is 0.604. The number of nitriles is 1. The average molecular weight is 329 g/mol. The highest BCUT2D eigenvalue weighted by Gasteiger charge is 2.20. The number of nitrogens with two attached hydrogens (primary N) is 1. The van der Waals surface area contributed by atoms with E-state index < -0.39 is 0 Å². The maximum Gasteiger partial charge on any atom is 0.0995 e. The third-order valence-electron chi connectivity index (χ3n) is 2.56. The molecule has 5 heteroatoms. The van der Waals surface area contributed by atoms with Gasteiger partial charge in [0.15, 0.2) is 0 Å². The summed E-state index contributed by atoms with van der Waals surface area (Å²) in [6.07, 6.45) is -0.0669. The predicted molar refractivity (Wildman–Crippen MR) is 69.8 cm³/mol. The van der Waals surface area contributed by atoms with Gasteiger partial charge in [-0.3, -0.25) is 0 Å². The lowest BCUT2D eigenvalue weighted by molar-refractivity contribution is 0.0275. The Kier molecular flexibility index (Phi) is 3.63. The van der Waals surface area contributed by atoms with Crippen LogP contribution in [0.15, 0.2) is 12.1 Å². The summed E-state index contributed by atoms with van der Waals surface area (Å²) in [5.41, 5.74) is 8.08. The topological polar surface area (TPSA) is 71.1 Å². The van der Waals surface area contributed by atoms with E-state index >= 15 is 0 Å². The number of rotatable bonds is 1. The summed E-state index contributed by atoms with van der Waals surface area (Å²) in [5, 5.41) is 12.3. The van der Waals surface area contributed by atoms with E-state index in [2.05, 4.69) is 34.0 Å². The van der Waals surface area contributed by atoms with Crippen molar-refractivity contribution >= 4 is 28.3 Å². The second kappa shape index (κ2) is 4.99. The monoisotopic (exact) mass is 329 g/mol. The number of nitrogen functional groups attached to an aromatic ring is 1. The van der Waals surface area contributed by atoms with Crippen LogP contribution in [0, 0.1) is 14.9 Å². The van der Waals surface area contributed by atoms with E-state index in [-0.39, 0.29) is 6.10 Å². The minimum Gasteiger partial charge on any atom is -0.398 e. The van der Waals surface area contributed by atoms with Gasteiger partial charge in [0.25, 0.3) is 0 Å². The lowest BCUT2D eigenvalue weighted by atomic mass is 10.0. The third kappa shape index (κ3) is 2.29. The van der Waals surface area contributed by atoms with Crippen molar-refractivity contribution in [3.63, 3.8) is 0 Å². The number of hydrogen-bond acceptors (Lipinski definition) is 4. The highest BCUT2D eigenvalue weighted by atomic mass is 127. The summed E-state index contributed by atoms with van der Waals surface area (Å²) in [6.45, 7) is 2.26. The molecule has 1 fully saturated rings. The van der Waals surface area contributed by atoms with Crippen molar-refractivity contribution in [1.29, 1.82) is 5.26 Å². The zero-order valence-electron chi connectivity index (χ0n) is 8.66. The zero-order valence-corrected chi connectivity index (χ0v) is 10.8. The smallest absolute Gasteiger partial charge is 0.0995 e. The Balaban J connectivity index is 2.38. The third-order valence-corrected chi connectivity index (χ3v) is 3.50. The van der Waals surface area contributed by atoms with Crippen molar-refractivity contribution in [2.45, 2.75) is 6.10 Å². The van der Waals surface area contributed by atoms with Crippen LogP contribution in [0.2, 0.25) is 0 Å². The normalized spacial score (nSPS) is 20.4. The molecule has 1 aliphatic heterocycles. The molecular formula is C11H12IN3O. The fraction of sp³-hybridized carbons (Fsp3) is 0.364. The molecule has 1 aromatic rings. The van der Waals surface area contributed by atoms with Crippen LogP contribution in [0.4, 0.5) is 5.69 Å². The molecule has 0 aromatic heterocycles. The number of halogens is 1. The summed E-state index contributed by atoms with van der Waals surface area (Å²) >= 11 is 2.13. The molecule has 1 saturated heterocycles. The number of hydrogen-bond donors (Lipinski definition) is 2. The van der Waals surface area contributed by atoms with E-state index in [0.29, 0.717) is 17.9 Å². The summed E-state index contributed by atoms with van der Waals surface area (Å²) in [4.78, 5) is 0. The molecule has 1 heterocycles. The van der Waals surface area contributed by atoms with Crippen LogP contribution in [0.1, 0.15) is 17.2 Å². The molecule has 0 amide bonds. The molecule has 84 valence electrons. The molecule has 2 rings (SSSR count). The molecule has 1 unspecified atom stereocenters. The number of nitrogens with zero attached hydrogens (tertiary/aromatic N) is 1. The highest BCUT2D eigenvalue weighted by molar-refractivity contribution is 14.1. The van der Waals surface area contributed by atoms with E-state index in [9.17, 15) is 0 Å². The number of anilines is 1. The van der Waals surface area contributed by atoms with Crippen molar-refractivity contribution in [3.05, 3.63) is 26.8 Å². The van der Waals surface area contributed by atoms with Crippen molar-refractivity contribution in [2.75, 3.05) is 25.4 Å². The van der Waals surface area contributed by atoms with Gasteiger partial charge in [0.05, 0.1) is 24.3 Å². The van der Waals surface area contributed by atoms with Crippen molar-refractivity contribution in [3.8, 4) is 6.07 Å². The first kappa shape index (κ1) is 11.6. The van der Waals surface area contributed by atoms with Crippen LogP contribution in [0.3, 0.4) is 0 Å². The van der Waals surface area contributed by atoms with E-state index in [1.54, 1.807) is 0 Å². The van der Waals surface area contributed by atoms with Crippen LogP contribution < -0.4 is 11.1 Å². The van der Waals surface area contributed by atoms with E-state index in [1.165, 1.54) is 0 Å². The standard InChI is InChI=1S/C11H12IN3O/c12-9-3-7(5-13)8(4-10(9)14)11-6-15-1-2-16-11/h3-4,11,15H,1-2,6,14H2. The van der Waals surface area contributed by atoms with Crippen LogP contribution in [-0.2, 0) is 4.74 Å². The molecule has 0 saturated carbocycles. The Hall–Kier alpha value is -0.840. The van der Waals surface area contributed by atoms with Gasteiger partial charge in [-0.05, 0) is 34.7 Å². The van der Waals surface area contributed by atoms with Crippen LogP contribution >= 0.6 is 22.6 Å². The van der Waals surface area contributed by atoms with Crippen molar-refractivity contribution in [1.82, 2.24) is 5.32 Å². The molecule has 1 aromatic carbocycles. The molecule has 4 nitrogen and oxygen atoms in total. The van der Waals surface area contributed by atoms with Crippen molar-refractivity contribution < 1.29 is 4.74 Å². The lowest BCUT2D eigenvalue weighted by Gasteiger charge is -2.25. The van der Waals surface area contributed by atoms with Crippen LogP contribution in [0.5, 0.6) is 0 Å². The zero-order chi connectivity index (χ0) is 11.5. The first-order valence-corrected chi connectivity index (χ1v) is 6.11. The second-order valence-electron chi connectivity index (χ2n) is 3.64. The Morgan fingerprint density at radius 1 is 1.56 bits per heavy atom. The maximum atomic E-state index is 9.09.